The van der Waals surface area contributed by atoms with Crippen molar-refractivity contribution in [3.63, 3.8) is 0 Å². The molecule has 2 heteroatoms. The van der Waals surface area contributed by atoms with Gasteiger partial charge in [-0.3, -0.25) is 0 Å². The first-order chi connectivity index (χ1) is 10.8. The summed E-state index contributed by atoms with van der Waals surface area (Å²) in [7, 11) is 0. The first kappa shape index (κ1) is 14.4. The van der Waals surface area contributed by atoms with Crippen molar-refractivity contribution in [3.8, 4) is 0 Å². The first-order valence-corrected chi connectivity index (χ1v) is 14.6. The molecule has 4 rings (SSSR count). The summed E-state index contributed by atoms with van der Waals surface area (Å²) in [5.41, 5.74) is 6.11. The van der Waals surface area contributed by atoms with Crippen LogP contribution in [0.15, 0.2) is 60.7 Å². The van der Waals surface area contributed by atoms with Crippen LogP contribution in [-0.4, -0.2) is 6.19 Å². The fourth-order valence-electron chi connectivity index (χ4n) is 3.86. The fraction of sp³-hybridized carbons (Fsp3) is 0.200. The van der Waals surface area contributed by atoms with Crippen molar-refractivity contribution in [1.29, 1.82) is 0 Å². The summed E-state index contributed by atoms with van der Waals surface area (Å²) in [5.74, 6) is 0. The Bertz CT molecular complexity index is 762. The number of fused-ring (bicyclic) bond motifs is 2. The van der Waals surface area contributed by atoms with E-state index in [1.54, 1.807) is 11.1 Å². The second kappa shape index (κ2) is 5.81. The van der Waals surface area contributed by atoms with Crippen LogP contribution in [0.4, 0.5) is 0 Å². The molecule has 2 unspecified atom stereocenters. The zero-order valence-electron chi connectivity index (χ0n) is 13.1. The van der Waals surface area contributed by atoms with E-state index in [1.807, 2.05) is 0 Å². The van der Waals surface area contributed by atoms with Gasteiger partial charge in [-0.15, -0.1) is 0 Å². The van der Waals surface area contributed by atoms with Crippen LogP contribution in [0.3, 0.4) is 0 Å². The predicted octanol–water partition coefficient (Wildman–Crippen LogP) is 5.39. The van der Waals surface area contributed by atoms with Crippen molar-refractivity contribution in [2.75, 3.05) is 0 Å². The molecule has 0 nitrogen and oxygen atoms in total. The molecule has 0 N–H and O–H groups in total. The molecule has 0 heterocycles. The van der Waals surface area contributed by atoms with E-state index in [0.29, 0.717) is 0 Å². The average molecular weight is 336 g/mol. The van der Waals surface area contributed by atoms with Gasteiger partial charge in [0, 0.05) is 0 Å². The average Bonchev–Trinajstić information content (AvgIpc) is 3.13. The minimum absolute atomic E-state index is 0.258. The third-order valence-corrected chi connectivity index (χ3v) is 17.6. The third-order valence-electron chi connectivity index (χ3n) is 4.85. The summed E-state index contributed by atoms with van der Waals surface area (Å²) in [6.07, 6.45) is 9.51. The maximum atomic E-state index is 2.55. The number of benzene rings is 2. The van der Waals surface area contributed by atoms with Gasteiger partial charge >= 0.3 is 139 Å². The van der Waals surface area contributed by atoms with Crippen LogP contribution >= 0.6 is 0 Å². The van der Waals surface area contributed by atoms with Gasteiger partial charge in [0.2, 0.25) is 0 Å². The zero-order valence-corrected chi connectivity index (χ0v) is 15.6. The summed E-state index contributed by atoms with van der Waals surface area (Å²) in [6, 6.07) is 18.0. The molecule has 0 aliphatic heterocycles. The Kier molecular flexibility index (Phi) is 3.81. The molecule has 0 saturated heterocycles. The van der Waals surface area contributed by atoms with E-state index in [1.165, 1.54) is 11.1 Å². The van der Waals surface area contributed by atoms with Crippen LogP contribution in [0.25, 0.3) is 12.2 Å². The van der Waals surface area contributed by atoms with Crippen molar-refractivity contribution >= 4 is 18.3 Å². The molecule has 0 saturated carbocycles. The topological polar surface area (TPSA) is 0 Å². The summed E-state index contributed by atoms with van der Waals surface area (Å²) >= 11 is -1.29. The molecule has 2 aliphatic rings. The Morgan fingerprint density at radius 3 is 1.64 bits per heavy atom. The van der Waals surface area contributed by atoms with Gasteiger partial charge in [0.05, 0.1) is 0 Å². The standard InChI is InChI=1S/2C9H7.C2H6Si.Ti/c2*1-2-5-9-7-3-6-8(9)4-1;1-3-2;/h2*1-7H;1-2H3;. The molecule has 2 aliphatic carbocycles. The second-order valence-electron chi connectivity index (χ2n) is 6.39. The van der Waals surface area contributed by atoms with E-state index in [4.69, 9.17) is 0 Å². The molecule has 22 heavy (non-hydrogen) atoms. The van der Waals surface area contributed by atoms with Crippen LogP contribution in [0.2, 0.25) is 13.1 Å². The van der Waals surface area contributed by atoms with Crippen LogP contribution < -0.4 is 0 Å². The quantitative estimate of drug-likeness (QED) is 0.645. The van der Waals surface area contributed by atoms with Crippen LogP contribution in [0, 0.1) is 0 Å². The zero-order chi connectivity index (χ0) is 15.1. The van der Waals surface area contributed by atoms with Crippen molar-refractivity contribution in [1.82, 2.24) is 0 Å². The minimum atomic E-state index is -1.29. The third kappa shape index (κ3) is 2.32. The Morgan fingerprint density at radius 1 is 0.727 bits per heavy atom. The predicted molar refractivity (Wildman–Crippen MR) is 93.9 cm³/mol. The molecule has 2 atom stereocenters. The van der Waals surface area contributed by atoms with E-state index in [2.05, 4.69) is 85.9 Å². The molecule has 0 fully saturated rings. The molecule has 108 valence electrons. The van der Waals surface area contributed by atoms with Gasteiger partial charge in [0.25, 0.3) is 0 Å². The van der Waals surface area contributed by atoms with Crippen molar-refractivity contribution < 1.29 is 16.6 Å². The van der Waals surface area contributed by atoms with Crippen LogP contribution in [0.1, 0.15) is 30.7 Å². The normalized spacial score (nSPS) is 20.8. The molecular weight excluding hydrogens is 316 g/mol. The van der Waals surface area contributed by atoms with E-state index < -0.39 is 16.6 Å². The number of hydrogen-bond donors (Lipinski definition) is 0. The summed E-state index contributed by atoms with van der Waals surface area (Å²) in [5, 5.41) is 0. The molecule has 2 aromatic carbocycles. The summed E-state index contributed by atoms with van der Waals surface area (Å²) in [4.78, 5) is 0. The Hall–Kier alpha value is -1.15. The number of rotatable bonds is 2. The monoisotopic (exact) mass is 336 g/mol. The van der Waals surface area contributed by atoms with Gasteiger partial charge in [-0.25, -0.2) is 0 Å². The molecule has 0 spiro atoms. The van der Waals surface area contributed by atoms with E-state index in [-0.39, 0.29) is 6.19 Å². The molecule has 2 aromatic rings. The molecule has 0 radical (unpaired) electrons. The van der Waals surface area contributed by atoms with Crippen molar-refractivity contribution in [2.24, 2.45) is 0 Å². The van der Waals surface area contributed by atoms with Crippen molar-refractivity contribution in [2.45, 2.75) is 21.5 Å². The van der Waals surface area contributed by atoms with Gasteiger partial charge in [-0.05, 0) is 0 Å². The molecular formula is C20H20SiTi. The molecule has 0 aromatic heterocycles. The molecule has 0 bridgehead atoms. The van der Waals surface area contributed by atoms with Gasteiger partial charge in [-0.2, -0.15) is 0 Å². The van der Waals surface area contributed by atoms with Crippen molar-refractivity contribution in [3.05, 3.63) is 82.9 Å². The number of hydrogen-bond acceptors (Lipinski definition) is 0. The summed E-state index contributed by atoms with van der Waals surface area (Å²) < 4.78 is 1.47. The number of allylic oxidation sites excluding steroid dienone is 2. The fourth-order valence-corrected chi connectivity index (χ4v) is 16.4. The van der Waals surface area contributed by atoms with E-state index >= 15 is 0 Å². The van der Waals surface area contributed by atoms with E-state index in [9.17, 15) is 0 Å². The van der Waals surface area contributed by atoms with Gasteiger partial charge in [-0.1, -0.05) is 0 Å². The van der Waals surface area contributed by atoms with Gasteiger partial charge < -0.3 is 0 Å². The Morgan fingerprint density at radius 2 is 1.18 bits per heavy atom. The van der Waals surface area contributed by atoms with Crippen LogP contribution in [0.5, 0.6) is 0 Å². The first-order valence-electron chi connectivity index (χ1n) is 7.97. The van der Waals surface area contributed by atoms with Gasteiger partial charge in [0.15, 0.2) is 0 Å². The second-order valence-corrected chi connectivity index (χ2v) is 18.8. The van der Waals surface area contributed by atoms with Crippen LogP contribution in [-0.2, 0) is 16.6 Å². The summed E-state index contributed by atoms with van der Waals surface area (Å²) in [6.45, 7) is 5.09. The maximum absolute atomic E-state index is 2.55. The SMILES string of the molecule is C[Si](C)=[Ti]([CH]1C=Cc2ccccc21)[CH]1C=Cc2ccccc21. The Labute approximate surface area is 139 Å². The Balaban J connectivity index is 1.82. The van der Waals surface area contributed by atoms with E-state index in [0.717, 1.165) is 8.45 Å². The van der Waals surface area contributed by atoms with Gasteiger partial charge in [0.1, 0.15) is 0 Å². The molecule has 0 amide bonds.